The van der Waals surface area contributed by atoms with Crippen molar-refractivity contribution in [3.8, 4) is 5.75 Å². The summed E-state index contributed by atoms with van der Waals surface area (Å²) in [6.07, 6.45) is -2.68. The molecule has 0 aliphatic heterocycles. The van der Waals surface area contributed by atoms with E-state index in [0.29, 0.717) is 32.8 Å². The lowest BCUT2D eigenvalue weighted by atomic mass is 10.2. The Bertz CT molecular complexity index is 1400. The van der Waals surface area contributed by atoms with Crippen molar-refractivity contribution in [1.29, 1.82) is 0 Å². The third kappa shape index (κ3) is 8.11. The number of hydrazone groups is 1. The van der Waals surface area contributed by atoms with Crippen molar-refractivity contribution in [2.75, 3.05) is 17.1 Å². The van der Waals surface area contributed by atoms with E-state index in [1.165, 1.54) is 6.21 Å². The highest BCUT2D eigenvalue weighted by Crippen LogP contribution is 2.36. The summed E-state index contributed by atoms with van der Waals surface area (Å²) in [7, 11) is -4.16. The first kappa shape index (κ1) is 28.3. The van der Waals surface area contributed by atoms with Crippen molar-refractivity contribution in [3.05, 3.63) is 93.5 Å². The Morgan fingerprint density at radius 2 is 1.73 bits per heavy atom. The molecule has 0 aliphatic rings. The molecule has 3 rings (SSSR count). The van der Waals surface area contributed by atoms with Crippen LogP contribution in [-0.2, 0) is 27.6 Å². The Morgan fingerprint density at radius 3 is 2.35 bits per heavy atom. The van der Waals surface area contributed by atoms with Crippen LogP contribution in [0.4, 0.5) is 18.9 Å². The summed E-state index contributed by atoms with van der Waals surface area (Å²) in [4.78, 5) is 12.3. The molecule has 196 valence electrons. The van der Waals surface area contributed by atoms with Crippen LogP contribution in [-0.4, -0.2) is 33.3 Å². The molecule has 0 bridgehead atoms. The van der Waals surface area contributed by atoms with E-state index < -0.39 is 39.9 Å². The maximum atomic E-state index is 13.1. The van der Waals surface area contributed by atoms with Gasteiger partial charge in [-0.1, -0.05) is 41.4 Å². The molecular weight excluding hydrogens is 554 g/mol. The minimum absolute atomic E-state index is 0.272. The molecule has 0 atom stereocenters. The van der Waals surface area contributed by atoms with Crippen molar-refractivity contribution >= 4 is 51.0 Å². The highest BCUT2D eigenvalue weighted by molar-refractivity contribution is 7.92. The number of nitrogens with zero attached hydrogens (tertiary/aromatic N) is 2. The predicted octanol–water partition coefficient (Wildman–Crippen LogP) is 5.51. The number of hydrogen-bond donors (Lipinski definition) is 1. The monoisotopic (exact) mass is 573 g/mol. The minimum Gasteiger partial charge on any atom is -0.489 e. The van der Waals surface area contributed by atoms with Gasteiger partial charge in [0.2, 0.25) is 10.0 Å². The number of sulfonamides is 1. The Morgan fingerprint density at radius 1 is 1.05 bits per heavy atom. The molecule has 1 amide bonds. The quantitative estimate of drug-likeness (QED) is 0.270. The van der Waals surface area contributed by atoms with E-state index in [-0.39, 0.29) is 11.6 Å². The van der Waals surface area contributed by atoms with Crippen molar-refractivity contribution in [3.63, 3.8) is 0 Å². The number of rotatable bonds is 9. The topological polar surface area (TPSA) is 88.1 Å². The summed E-state index contributed by atoms with van der Waals surface area (Å²) in [5.74, 6) is -0.322. The van der Waals surface area contributed by atoms with Crippen molar-refractivity contribution in [2.45, 2.75) is 12.8 Å². The van der Waals surface area contributed by atoms with E-state index in [1.807, 2.05) is 18.2 Å². The van der Waals surface area contributed by atoms with Gasteiger partial charge in [-0.25, -0.2) is 13.8 Å². The van der Waals surface area contributed by atoms with Gasteiger partial charge in [0.1, 0.15) is 18.9 Å². The molecule has 37 heavy (non-hydrogen) atoms. The molecule has 0 radical (unpaired) electrons. The fourth-order valence-electron chi connectivity index (χ4n) is 3.03. The lowest BCUT2D eigenvalue weighted by Crippen LogP contribution is -2.39. The second kappa shape index (κ2) is 11.8. The smallest absolute Gasteiger partial charge is 0.416 e. The molecule has 0 saturated carbocycles. The Labute approximate surface area is 221 Å². The van der Waals surface area contributed by atoms with Gasteiger partial charge in [-0.05, 0) is 54.1 Å². The summed E-state index contributed by atoms with van der Waals surface area (Å²) >= 11 is 12.0. The third-order valence-electron chi connectivity index (χ3n) is 4.86. The Balaban J connectivity index is 1.63. The van der Waals surface area contributed by atoms with Crippen LogP contribution in [0.1, 0.15) is 16.7 Å². The number of hydrogen-bond acceptors (Lipinski definition) is 5. The molecule has 3 aromatic rings. The number of carbonyl (C=O) groups excluding carboxylic acids is 1. The lowest BCUT2D eigenvalue weighted by Gasteiger charge is -2.23. The van der Waals surface area contributed by atoms with Gasteiger partial charge in [0.05, 0.1) is 28.7 Å². The first-order valence-corrected chi connectivity index (χ1v) is 13.1. The Kier molecular flexibility index (Phi) is 9.06. The van der Waals surface area contributed by atoms with Gasteiger partial charge < -0.3 is 4.74 Å². The van der Waals surface area contributed by atoms with Crippen LogP contribution in [0, 0.1) is 0 Å². The van der Waals surface area contributed by atoms with Gasteiger partial charge in [0.25, 0.3) is 5.91 Å². The predicted molar refractivity (Wildman–Crippen MR) is 137 cm³/mol. The number of amides is 1. The molecule has 0 saturated heterocycles. The molecule has 0 heterocycles. The molecular formula is C24H20Cl2F3N3O4S. The van der Waals surface area contributed by atoms with Crippen LogP contribution in [0.5, 0.6) is 5.75 Å². The van der Waals surface area contributed by atoms with Crippen molar-refractivity contribution in [2.24, 2.45) is 5.10 Å². The first-order chi connectivity index (χ1) is 17.3. The average molecular weight is 574 g/mol. The number of nitrogens with one attached hydrogen (secondary N) is 1. The van der Waals surface area contributed by atoms with Crippen LogP contribution in [0.15, 0.2) is 71.8 Å². The zero-order chi connectivity index (χ0) is 27.2. The number of anilines is 1. The second-order valence-electron chi connectivity index (χ2n) is 7.68. The van der Waals surface area contributed by atoms with E-state index in [0.717, 1.165) is 17.9 Å². The van der Waals surface area contributed by atoms with E-state index in [1.54, 1.807) is 30.3 Å². The van der Waals surface area contributed by atoms with E-state index in [9.17, 15) is 26.4 Å². The zero-order valence-electron chi connectivity index (χ0n) is 19.2. The minimum atomic E-state index is -4.73. The van der Waals surface area contributed by atoms with E-state index in [2.05, 4.69) is 10.5 Å². The normalized spacial score (nSPS) is 11.9. The standard InChI is InChI=1S/C24H20Cl2F3N3O4S/c1-37(34,35)32(22-12-18(24(27,28)29)8-11-21(22)26)14-23(33)31-30-13-16-6-9-19(10-7-16)36-15-17-4-2-3-5-20(17)25/h2-13H,14-15H2,1H3,(H,31,33). The first-order valence-electron chi connectivity index (χ1n) is 10.5. The molecule has 0 spiro atoms. The Hall–Kier alpha value is -3.28. The maximum Gasteiger partial charge on any atom is 0.416 e. The largest absolute Gasteiger partial charge is 0.489 e. The average Bonchev–Trinajstić information content (AvgIpc) is 2.82. The van der Waals surface area contributed by atoms with E-state index in [4.69, 9.17) is 27.9 Å². The summed E-state index contributed by atoms with van der Waals surface area (Å²) in [6, 6.07) is 16.2. The van der Waals surface area contributed by atoms with Crippen molar-refractivity contribution in [1.82, 2.24) is 5.43 Å². The number of ether oxygens (including phenoxy) is 1. The highest BCUT2D eigenvalue weighted by Gasteiger charge is 2.33. The fraction of sp³-hybridized carbons (Fsp3) is 0.167. The molecule has 0 unspecified atom stereocenters. The zero-order valence-corrected chi connectivity index (χ0v) is 21.5. The summed E-state index contributed by atoms with van der Waals surface area (Å²) in [5.41, 5.74) is 1.97. The summed E-state index contributed by atoms with van der Waals surface area (Å²) < 4.78 is 69.9. The number of benzene rings is 3. The van der Waals surface area contributed by atoms with Crippen LogP contribution in [0.2, 0.25) is 10.0 Å². The lowest BCUT2D eigenvalue weighted by molar-refractivity contribution is -0.137. The number of alkyl halides is 3. The highest BCUT2D eigenvalue weighted by atomic mass is 35.5. The van der Waals surface area contributed by atoms with Crippen molar-refractivity contribution < 1.29 is 31.1 Å². The molecule has 3 aromatic carbocycles. The molecule has 0 aromatic heterocycles. The summed E-state index contributed by atoms with van der Waals surface area (Å²) in [6.45, 7) is -0.568. The molecule has 1 N–H and O–H groups in total. The van der Waals surface area contributed by atoms with Crippen LogP contribution < -0.4 is 14.5 Å². The SMILES string of the molecule is CS(=O)(=O)N(CC(=O)NN=Cc1ccc(OCc2ccccc2Cl)cc1)c1cc(C(F)(F)F)ccc1Cl. The number of carbonyl (C=O) groups is 1. The maximum absolute atomic E-state index is 13.1. The van der Waals surface area contributed by atoms with Crippen LogP contribution in [0.3, 0.4) is 0 Å². The van der Waals surface area contributed by atoms with Crippen LogP contribution in [0.25, 0.3) is 0 Å². The number of halogens is 5. The molecule has 13 heteroatoms. The van der Waals surface area contributed by atoms with E-state index >= 15 is 0 Å². The molecule has 0 aliphatic carbocycles. The van der Waals surface area contributed by atoms with Gasteiger partial charge in [0, 0.05) is 10.6 Å². The van der Waals surface area contributed by atoms with Crippen LogP contribution >= 0.6 is 23.2 Å². The van der Waals surface area contributed by atoms with Gasteiger partial charge in [-0.2, -0.15) is 18.3 Å². The van der Waals surface area contributed by atoms with Gasteiger partial charge >= 0.3 is 6.18 Å². The fourth-order valence-corrected chi connectivity index (χ4v) is 4.35. The molecule has 7 nitrogen and oxygen atoms in total. The van der Waals surface area contributed by atoms with Gasteiger partial charge in [-0.15, -0.1) is 0 Å². The van der Waals surface area contributed by atoms with Gasteiger partial charge in [0.15, 0.2) is 0 Å². The molecule has 0 fully saturated rings. The summed E-state index contributed by atoms with van der Waals surface area (Å²) in [5, 5.41) is 4.09. The second-order valence-corrected chi connectivity index (χ2v) is 10.4. The third-order valence-corrected chi connectivity index (χ3v) is 6.68. The van der Waals surface area contributed by atoms with Gasteiger partial charge in [-0.3, -0.25) is 9.10 Å².